The van der Waals surface area contributed by atoms with Crippen molar-refractivity contribution in [2.45, 2.75) is 50.0 Å². The summed E-state index contributed by atoms with van der Waals surface area (Å²) in [6.07, 6.45) is 4.12. The zero-order valence-electron chi connectivity index (χ0n) is 13.6. The molecule has 1 saturated heterocycles. The van der Waals surface area contributed by atoms with Gasteiger partial charge in [0.05, 0.1) is 18.4 Å². The van der Waals surface area contributed by atoms with E-state index in [-0.39, 0.29) is 23.8 Å². The molecule has 1 heterocycles. The minimum absolute atomic E-state index is 0.0659. The summed E-state index contributed by atoms with van der Waals surface area (Å²) in [6.45, 7) is 2.44. The number of aryl methyl sites for hydroxylation is 1. The van der Waals surface area contributed by atoms with E-state index in [4.69, 9.17) is 4.74 Å². The highest BCUT2D eigenvalue weighted by Crippen LogP contribution is 2.52. The van der Waals surface area contributed by atoms with Crippen LogP contribution in [-0.4, -0.2) is 38.4 Å². The van der Waals surface area contributed by atoms with Crippen molar-refractivity contribution in [3.05, 3.63) is 29.8 Å². The van der Waals surface area contributed by atoms with Crippen molar-refractivity contribution in [1.29, 1.82) is 0 Å². The molecule has 1 atom stereocenters. The summed E-state index contributed by atoms with van der Waals surface area (Å²) in [7, 11) is -2.24. The molecule has 0 amide bonds. The molecule has 5 nitrogen and oxygen atoms in total. The van der Waals surface area contributed by atoms with E-state index in [0.717, 1.165) is 31.2 Å². The second kappa shape index (κ2) is 5.91. The van der Waals surface area contributed by atoms with E-state index < -0.39 is 10.0 Å². The van der Waals surface area contributed by atoms with E-state index in [1.807, 2.05) is 6.92 Å². The molecule has 1 unspecified atom stereocenters. The molecular formula is C17H23NO4S. The first-order chi connectivity index (χ1) is 10.9. The van der Waals surface area contributed by atoms with Crippen LogP contribution in [0.5, 0.6) is 0 Å². The Bertz CT molecular complexity index is 692. The number of hydrogen-bond acceptors (Lipinski definition) is 4. The fraction of sp³-hybridized carbons (Fsp3) is 0.588. The van der Waals surface area contributed by atoms with Crippen LogP contribution in [-0.2, 0) is 19.6 Å². The van der Waals surface area contributed by atoms with Crippen molar-refractivity contribution in [2.75, 3.05) is 13.7 Å². The fourth-order valence-electron chi connectivity index (χ4n) is 3.74. The summed E-state index contributed by atoms with van der Waals surface area (Å²) in [4.78, 5) is 12.0. The fourth-order valence-corrected chi connectivity index (χ4v) is 5.48. The maximum Gasteiger partial charge on any atom is 0.307 e. The Balaban J connectivity index is 1.90. The van der Waals surface area contributed by atoms with Gasteiger partial charge in [-0.15, -0.1) is 0 Å². The van der Waals surface area contributed by atoms with Gasteiger partial charge in [-0.2, -0.15) is 4.31 Å². The van der Waals surface area contributed by atoms with Crippen LogP contribution in [0.2, 0.25) is 0 Å². The highest BCUT2D eigenvalue weighted by atomic mass is 32.2. The lowest BCUT2D eigenvalue weighted by atomic mass is 9.67. The zero-order valence-corrected chi connectivity index (χ0v) is 14.4. The van der Waals surface area contributed by atoms with Gasteiger partial charge in [-0.3, -0.25) is 4.79 Å². The van der Waals surface area contributed by atoms with Gasteiger partial charge in [-0.05, 0) is 43.7 Å². The molecule has 2 fully saturated rings. The van der Waals surface area contributed by atoms with Gasteiger partial charge in [0.25, 0.3) is 0 Å². The Morgan fingerprint density at radius 3 is 2.48 bits per heavy atom. The lowest BCUT2D eigenvalue weighted by Gasteiger charge is -2.38. The smallest absolute Gasteiger partial charge is 0.307 e. The predicted molar refractivity (Wildman–Crippen MR) is 86.4 cm³/mol. The van der Waals surface area contributed by atoms with Crippen molar-refractivity contribution >= 4 is 16.0 Å². The Morgan fingerprint density at radius 2 is 1.96 bits per heavy atom. The second-order valence-corrected chi connectivity index (χ2v) is 8.75. The van der Waals surface area contributed by atoms with Gasteiger partial charge in [0.15, 0.2) is 0 Å². The lowest BCUT2D eigenvalue weighted by molar-refractivity contribution is -0.141. The van der Waals surface area contributed by atoms with E-state index in [2.05, 4.69) is 0 Å². The molecule has 1 aromatic rings. The molecule has 1 aliphatic carbocycles. The van der Waals surface area contributed by atoms with E-state index in [9.17, 15) is 13.2 Å². The van der Waals surface area contributed by atoms with E-state index >= 15 is 0 Å². The number of ether oxygens (including phenoxy) is 1. The molecule has 6 heteroatoms. The molecule has 0 aromatic heterocycles. The minimum Gasteiger partial charge on any atom is -0.469 e. The summed E-state index contributed by atoms with van der Waals surface area (Å²) in [5.74, 6) is -0.351. The van der Waals surface area contributed by atoms with Crippen molar-refractivity contribution < 1.29 is 17.9 Å². The number of nitrogens with zero attached hydrogens (tertiary/aromatic N) is 1. The maximum absolute atomic E-state index is 13.0. The van der Waals surface area contributed by atoms with Gasteiger partial charge in [-0.25, -0.2) is 8.42 Å². The molecule has 126 valence electrons. The molecule has 2 aliphatic rings. The largest absolute Gasteiger partial charge is 0.469 e. The average molecular weight is 337 g/mol. The van der Waals surface area contributed by atoms with Gasteiger partial charge >= 0.3 is 5.97 Å². The molecule has 1 spiro atoms. The normalized spacial score (nSPS) is 23.7. The van der Waals surface area contributed by atoms with Gasteiger partial charge in [0.1, 0.15) is 0 Å². The van der Waals surface area contributed by atoms with Crippen LogP contribution in [0.1, 0.15) is 37.7 Å². The second-order valence-electron chi connectivity index (χ2n) is 6.86. The minimum atomic E-state index is -3.58. The van der Waals surface area contributed by atoms with Crippen molar-refractivity contribution in [3.8, 4) is 0 Å². The molecule has 0 bridgehead atoms. The standard InChI is InChI=1S/C17H23NO4S/c1-13-4-6-15(7-5-13)23(20,21)18-12-17(8-3-9-17)11-14(18)10-16(19)22-2/h4-7,14H,3,8-12H2,1-2H3. The number of sulfonamides is 1. The number of rotatable bonds is 4. The number of carbonyl (C=O) groups is 1. The number of benzene rings is 1. The van der Waals surface area contributed by atoms with Crippen LogP contribution in [0, 0.1) is 12.3 Å². The van der Waals surface area contributed by atoms with Crippen LogP contribution >= 0.6 is 0 Å². The predicted octanol–water partition coefficient (Wildman–Crippen LogP) is 2.49. The van der Waals surface area contributed by atoms with Crippen LogP contribution in [0.3, 0.4) is 0 Å². The zero-order chi connectivity index (χ0) is 16.7. The molecule has 1 aliphatic heterocycles. The molecular weight excluding hydrogens is 314 g/mol. The van der Waals surface area contributed by atoms with Crippen molar-refractivity contribution in [1.82, 2.24) is 4.31 Å². The highest BCUT2D eigenvalue weighted by Gasteiger charge is 2.51. The van der Waals surface area contributed by atoms with Crippen LogP contribution < -0.4 is 0 Å². The first-order valence-electron chi connectivity index (χ1n) is 8.02. The number of esters is 1. The lowest BCUT2D eigenvalue weighted by Crippen LogP contribution is -2.38. The Hall–Kier alpha value is -1.40. The Kier molecular flexibility index (Phi) is 4.23. The van der Waals surface area contributed by atoms with Crippen molar-refractivity contribution in [3.63, 3.8) is 0 Å². The van der Waals surface area contributed by atoms with E-state index in [0.29, 0.717) is 11.4 Å². The SMILES string of the molecule is COC(=O)CC1CC2(CCC2)CN1S(=O)(=O)c1ccc(C)cc1. The highest BCUT2D eigenvalue weighted by molar-refractivity contribution is 7.89. The number of carbonyl (C=O) groups excluding carboxylic acids is 1. The van der Waals surface area contributed by atoms with Crippen LogP contribution in [0.25, 0.3) is 0 Å². The van der Waals surface area contributed by atoms with Crippen LogP contribution in [0.15, 0.2) is 29.2 Å². The maximum atomic E-state index is 13.0. The third-order valence-electron chi connectivity index (χ3n) is 5.24. The van der Waals surface area contributed by atoms with E-state index in [1.54, 1.807) is 24.3 Å². The first kappa shape index (κ1) is 16.5. The molecule has 0 N–H and O–H groups in total. The van der Waals surface area contributed by atoms with Gasteiger partial charge in [-0.1, -0.05) is 24.1 Å². The summed E-state index contributed by atoms with van der Waals surface area (Å²) in [5.41, 5.74) is 1.09. The topological polar surface area (TPSA) is 63.7 Å². The van der Waals surface area contributed by atoms with E-state index in [1.165, 1.54) is 11.4 Å². The Morgan fingerprint density at radius 1 is 1.30 bits per heavy atom. The molecule has 3 rings (SSSR count). The number of methoxy groups -OCH3 is 1. The third-order valence-corrected chi connectivity index (χ3v) is 7.15. The van der Waals surface area contributed by atoms with Crippen LogP contribution in [0.4, 0.5) is 0 Å². The van der Waals surface area contributed by atoms with Gasteiger partial charge < -0.3 is 4.74 Å². The third kappa shape index (κ3) is 3.02. The summed E-state index contributed by atoms with van der Waals surface area (Å²) >= 11 is 0. The molecule has 1 saturated carbocycles. The first-order valence-corrected chi connectivity index (χ1v) is 9.46. The molecule has 1 aromatic carbocycles. The molecule has 23 heavy (non-hydrogen) atoms. The Labute approximate surface area is 137 Å². The van der Waals surface area contributed by atoms with Gasteiger partial charge in [0, 0.05) is 12.6 Å². The monoisotopic (exact) mass is 337 g/mol. The number of hydrogen-bond donors (Lipinski definition) is 0. The van der Waals surface area contributed by atoms with Gasteiger partial charge in [0.2, 0.25) is 10.0 Å². The average Bonchev–Trinajstić information content (AvgIpc) is 2.88. The summed E-state index contributed by atoms with van der Waals surface area (Å²) in [5, 5.41) is 0. The quantitative estimate of drug-likeness (QED) is 0.792. The summed E-state index contributed by atoms with van der Waals surface area (Å²) in [6, 6.07) is 6.60. The van der Waals surface area contributed by atoms with Crippen molar-refractivity contribution in [2.24, 2.45) is 5.41 Å². The molecule has 0 radical (unpaired) electrons. The summed E-state index contributed by atoms with van der Waals surface area (Å²) < 4.78 is 32.3.